The van der Waals surface area contributed by atoms with Crippen LogP contribution in [0.15, 0.2) is 48.7 Å². The molecule has 1 saturated heterocycles. The van der Waals surface area contributed by atoms with Gasteiger partial charge in [-0.15, -0.1) is 0 Å². The van der Waals surface area contributed by atoms with Crippen LogP contribution in [0.4, 0.5) is 10.6 Å². The summed E-state index contributed by atoms with van der Waals surface area (Å²) in [7, 11) is 0. The first-order chi connectivity index (χ1) is 13.3. The van der Waals surface area contributed by atoms with Crippen molar-refractivity contribution in [2.75, 3.05) is 24.6 Å². The van der Waals surface area contributed by atoms with E-state index < -0.39 is 0 Å². The highest BCUT2D eigenvalue weighted by Crippen LogP contribution is 2.21. The van der Waals surface area contributed by atoms with Gasteiger partial charge in [-0.3, -0.25) is 0 Å². The lowest BCUT2D eigenvalue weighted by molar-refractivity contribution is 0.215. The zero-order valence-corrected chi connectivity index (χ0v) is 15.6. The molecule has 0 bridgehead atoms. The van der Waals surface area contributed by atoms with E-state index in [-0.39, 0.29) is 18.7 Å². The van der Waals surface area contributed by atoms with Crippen LogP contribution >= 0.6 is 0 Å². The Balaban J connectivity index is 1.54. The number of urea groups is 1. The van der Waals surface area contributed by atoms with Gasteiger partial charge < -0.3 is 20.6 Å². The van der Waals surface area contributed by atoms with Crippen molar-refractivity contribution >= 4 is 11.8 Å². The number of nitrogens with one attached hydrogen (secondary N) is 2. The summed E-state index contributed by atoms with van der Waals surface area (Å²) in [6.45, 7) is 2.34. The van der Waals surface area contributed by atoms with E-state index in [9.17, 15) is 9.90 Å². The summed E-state index contributed by atoms with van der Waals surface area (Å²) >= 11 is 0. The Labute approximate surface area is 160 Å². The summed E-state index contributed by atoms with van der Waals surface area (Å²) in [6.07, 6.45) is 6.03. The van der Waals surface area contributed by atoms with Gasteiger partial charge in [0.1, 0.15) is 5.82 Å². The SMILES string of the molecule is O=C(NCc1cccnc1N1CCCCC1)NC(CO)Cc1ccccc1. The molecule has 144 valence electrons. The Hall–Kier alpha value is -2.60. The molecule has 1 aromatic carbocycles. The van der Waals surface area contributed by atoms with E-state index in [4.69, 9.17) is 0 Å². The topological polar surface area (TPSA) is 77.5 Å². The molecule has 6 heteroatoms. The molecular weight excluding hydrogens is 340 g/mol. The molecular formula is C21H28N4O2. The van der Waals surface area contributed by atoms with Crippen LogP contribution in [0.2, 0.25) is 0 Å². The summed E-state index contributed by atoms with van der Waals surface area (Å²) in [6, 6.07) is 13.1. The molecule has 2 heterocycles. The zero-order valence-electron chi connectivity index (χ0n) is 15.6. The van der Waals surface area contributed by atoms with Crippen LogP contribution in [0.5, 0.6) is 0 Å². The van der Waals surface area contributed by atoms with Crippen LogP contribution < -0.4 is 15.5 Å². The minimum absolute atomic E-state index is 0.103. The Morgan fingerprint density at radius 1 is 1.11 bits per heavy atom. The largest absolute Gasteiger partial charge is 0.394 e. The van der Waals surface area contributed by atoms with E-state index in [0.29, 0.717) is 13.0 Å². The van der Waals surface area contributed by atoms with Crippen LogP contribution in [0.1, 0.15) is 30.4 Å². The molecule has 1 fully saturated rings. The number of aliphatic hydroxyl groups is 1. The molecule has 1 aliphatic rings. The molecule has 2 amide bonds. The van der Waals surface area contributed by atoms with Gasteiger partial charge in [0, 0.05) is 31.4 Å². The quantitative estimate of drug-likeness (QED) is 0.702. The number of piperidine rings is 1. The van der Waals surface area contributed by atoms with E-state index in [1.54, 1.807) is 6.20 Å². The van der Waals surface area contributed by atoms with Crippen molar-refractivity contribution in [1.82, 2.24) is 15.6 Å². The number of hydrogen-bond acceptors (Lipinski definition) is 4. The molecule has 0 aliphatic carbocycles. The van der Waals surface area contributed by atoms with Gasteiger partial charge in [0.2, 0.25) is 0 Å². The Bertz CT molecular complexity index is 717. The van der Waals surface area contributed by atoms with Gasteiger partial charge in [-0.1, -0.05) is 36.4 Å². The van der Waals surface area contributed by atoms with Crippen molar-refractivity contribution in [2.45, 2.75) is 38.3 Å². The first kappa shape index (κ1) is 19.2. The molecule has 3 N–H and O–H groups in total. The maximum Gasteiger partial charge on any atom is 0.315 e. The second-order valence-corrected chi connectivity index (χ2v) is 6.93. The molecule has 0 radical (unpaired) electrons. The molecule has 1 aromatic heterocycles. The average molecular weight is 368 g/mol. The third-order valence-corrected chi connectivity index (χ3v) is 4.84. The second-order valence-electron chi connectivity index (χ2n) is 6.93. The summed E-state index contributed by atoms with van der Waals surface area (Å²) in [4.78, 5) is 19.1. The molecule has 2 aromatic rings. The van der Waals surface area contributed by atoms with Gasteiger partial charge in [-0.25, -0.2) is 9.78 Å². The van der Waals surface area contributed by atoms with E-state index in [1.807, 2.05) is 42.5 Å². The van der Waals surface area contributed by atoms with Crippen molar-refractivity contribution in [3.63, 3.8) is 0 Å². The summed E-state index contributed by atoms with van der Waals surface area (Å²) in [5.74, 6) is 0.959. The Morgan fingerprint density at radius 3 is 2.63 bits per heavy atom. The highest BCUT2D eigenvalue weighted by molar-refractivity contribution is 5.74. The van der Waals surface area contributed by atoms with Crippen LogP contribution in [-0.4, -0.2) is 41.9 Å². The molecule has 1 unspecified atom stereocenters. The summed E-state index contributed by atoms with van der Waals surface area (Å²) < 4.78 is 0. The van der Waals surface area contributed by atoms with E-state index >= 15 is 0 Å². The van der Waals surface area contributed by atoms with Crippen molar-refractivity contribution in [1.29, 1.82) is 0 Å². The van der Waals surface area contributed by atoms with Crippen molar-refractivity contribution in [3.8, 4) is 0 Å². The monoisotopic (exact) mass is 368 g/mol. The number of aliphatic hydroxyl groups excluding tert-OH is 1. The Kier molecular flexibility index (Phi) is 7.04. The third kappa shape index (κ3) is 5.69. The van der Waals surface area contributed by atoms with Crippen LogP contribution in [0, 0.1) is 0 Å². The Morgan fingerprint density at radius 2 is 1.89 bits per heavy atom. The van der Waals surface area contributed by atoms with Crippen molar-refractivity contribution in [2.24, 2.45) is 0 Å². The highest BCUT2D eigenvalue weighted by atomic mass is 16.3. The fraction of sp³-hybridized carbons (Fsp3) is 0.429. The number of carbonyl (C=O) groups is 1. The van der Waals surface area contributed by atoms with Crippen molar-refractivity contribution < 1.29 is 9.90 Å². The average Bonchev–Trinajstić information content (AvgIpc) is 2.73. The van der Waals surface area contributed by atoms with Crippen molar-refractivity contribution in [3.05, 3.63) is 59.8 Å². The third-order valence-electron chi connectivity index (χ3n) is 4.84. The number of rotatable bonds is 7. The molecule has 1 aliphatic heterocycles. The molecule has 3 rings (SSSR count). The second kappa shape index (κ2) is 9.92. The van der Waals surface area contributed by atoms with Gasteiger partial charge in [0.15, 0.2) is 0 Å². The molecule has 0 spiro atoms. The minimum atomic E-state index is -0.317. The minimum Gasteiger partial charge on any atom is -0.394 e. The molecule has 1 atom stereocenters. The van der Waals surface area contributed by atoms with Gasteiger partial charge >= 0.3 is 6.03 Å². The van der Waals surface area contributed by atoms with Crippen LogP contribution in [-0.2, 0) is 13.0 Å². The maximum absolute atomic E-state index is 12.3. The standard InChI is InChI=1S/C21H28N4O2/c26-16-19(14-17-8-3-1-4-9-17)24-21(27)23-15-18-10-7-11-22-20(18)25-12-5-2-6-13-25/h1,3-4,7-11,19,26H,2,5-6,12-16H2,(H2,23,24,27). The lowest BCUT2D eigenvalue weighted by Gasteiger charge is -2.29. The number of nitrogens with zero attached hydrogens (tertiary/aromatic N) is 2. The van der Waals surface area contributed by atoms with Gasteiger partial charge in [0.05, 0.1) is 12.6 Å². The zero-order chi connectivity index (χ0) is 18.9. The molecule has 6 nitrogen and oxygen atoms in total. The van der Waals surface area contributed by atoms with Gasteiger partial charge in [-0.05, 0) is 37.3 Å². The predicted octanol–water partition coefficient (Wildman–Crippen LogP) is 2.47. The van der Waals surface area contributed by atoms with Gasteiger partial charge in [0.25, 0.3) is 0 Å². The number of benzene rings is 1. The molecule has 27 heavy (non-hydrogen) atoms. The first-order valence-electron chi connectivity index (χ1n) is 9.64. The summed E-state index contributed by atoms with van der Waals surface area (Å²) in [5, 5.41) is 15.3. The lowest BCUT2D eigenvalue weighted by Crippen LogP contribution is -2.44. The number of aromatic nitrogens is 1. The lowest BCUT2D eigenvalue weighted by atomic mass is 10.1. The van der Waals surface area contributed by atoms with Gasteiger partial charge in [-0.2, -0.15) is 0 Å². The first-order valence-corrected chi connectivity index (χ1v) is 9.64. The van der Waals surface area contributed by atoms with E-state index in [2.05, 4.69) is 20.5 Å². The maximum atomic E-state index is 12.3. The predicted molar refractivity (Wildman–Crippen MR) is 107 cm³/mol. The molecule has 0 saturated carbocycles. The number of hydrogen-bond donors (Lipinski definition) is 3. The van der Waals surface area contributed by atoms with Crippen LogP contribution in [0.3, 0.4) is 0 Å². The number of pyridine rings is 1. The number of carbonyl (C=O) groups excluding carboxylic acids is 1. The fourth-order valence-corrected chi connectivity index (χ4v) is 3.43. The number of anilines is 1. The van der Waals surface area contributed by atoms with E-state index in [1.165, 1.54) is 19.3 Å². The number of amides is 2. The smallest absolute Gasteiger partial charge is 0.315 e. The normalized spacial score (nSPS) is 15.2. The van der Waals surface area contributed by atoms with E-state index in [0.717, 1.165) is 30.0 Å². The highest BCUT2D eigenvalue weighted by Gasteiger charge is 2.17. The van der Waals surface area contributed by atoms with Crippen LogP contribution in [0.25, 0.3) is 0 Å². The summed E-state index contributed by atoms with van der Waals surface area (Å²) in [5.41, 5.74) is 2.09. The fourth-order valence-electron chi connectivity index (χ4n) is 3.43.